The van der Waals surface area contributed by atoms with Crippen molar-refractivity contribution >= 4 is 29.5 Å². The molecule has 0 saturated heterocycles. The molecule has 0 saturated carbocycles. The van der Waals surface area contributed by atoms with Gasteiger partial charge < -0.3 is 14.6 Å². The number of nitriles is 1. The third-order valence-electron chi connectivity index (χ3n) is 8.71. The maximum absolute atomic E-state index is 12.9. The van der Waals surface area contributed by atoms with Crippen molar-refractivity contribution in [2.75, 3.05) is 6.61 Å². The van der Waals surface area contributed by atoms with Crippen LogP contribution in [0.2, 0.25) is 5.02 Å². The van der Waals surface area contributed by atoms with Gasteiger partial charge in [0.25, 0.3) is 0 Å². The predicted molar refractivity (Wildman–Crippen MR) is 204 cm³/mol. The molecule has 4 aromatic carbocycles. The summed E-state index contributed by atoms with van der Waals surface area (Å²) in [6.07, 6.45) is 19.9. The molecule has 0 amide bonds. The predicted octanol–water partition coefficient (Wildman–Crippen LogP) is 12.4. The maximum atomic E-state index is 12.9. The Balaban J connectivity index is 1.17. The maximum Gasteiger partial charge on any atom is 0.343 e. The van der Waals surface area contributed by atoms with Crippen molar-refractivity contribution < 1.29 is 19.4 Å². The standard InChI is InChI=1S/C43H49ClN2O4/c1-2-3-4-5-6-7-8-9-10-11-12-13-14-15-28-49-39-26-22-37(42(47)30-39)32-46-41-29-36(23-27-40(41)44)43(48)50-38-24-20-35(21-25-38)34-18-16-33(31-45)17-19-34/h16-27,29-30,32,47H,2-15,28H2,1H3. The molecule has 0 unspecified atom stereocenters. The highest BCUT2D eigenvalue weighted by Gasteiger charge is 2.12. The fourth-order valence-corrected chi connectivity index (χ4v) is 5.87. The van der Waals surface area contributed by atoms with E-state index in [2.05, 4.69) is 18.0 Å². The van der Waals surface area contributed by atoms with E-state index in [0.29, 0.717) is 39.9 Å². The lowest BCUT2D eigenvalue weighted by atomic mass is 10.0. The molecule has 4 rings (SSSR count). The van der Waals surface area contributed by atoms with Crippen LogP contribution in [-0.2, 0) is 0 Å². The van der Waals surface area contributed by atoms with Gasteiger partial charge in [0.2, 0.25) is 0 Å². The zero-order chi connectivity index (χ0) is 35.4. The van der Waals surface area contributed by atoms with Crippen molar-refractivity contribution in [2.45, 2.75) is 96.8 Å². The number of hydrogen-bond donors (Lipinski definition) is 1. The Morgan fingerprint density at radius 3 is 1.88 bits per heavy atom. The van der Waals surface area contributed by atoms with Crippen LogP contribution in [0.15, 0.2) is 89.9 Å². The van der Waals surface area contributed by atoms with Gasteiger partial charge in [-0.15, -0.1) is 0 Å². The van der Waals surface area contributed by atoms with Crippen LogP contribution in [0.3, 0.4) is 0 Å². The highest BCUT2D eigenvalue weighted by molar-refractivity contribution is 6.33. The molecule has 7 heteroatoms. The first-order valence-corrected chi connectivity index (χ1v) is 18.5. The molecule has 262 valence electrons. The number of phenolic OH excluding ortho intramolecular Hbond substituents is 1. The summed E-state index contributed by atoms with van der Waals surface area (Å²) >= 11 is 6.38. The van der Waals surface area contributed by atoms with Gasteiger partial charge in [-0.3, -0.25) is 4.99 Å². The number of unbranched alkanes of at least 4 members (excludes halogenated alkanes) is 13. The number of carbonyl (C=O) groups excluding carboxylic acids is 1. The van der Waals surface area contributed by atoms with Crippen molar-refractivity contribution in [3.63, 3.8) is 0 Å². The molecule has 0 heterocycles. The Kier molecular flexibility index (Phi) is 16.4. The lowest BCUT2D eigenvalue weighted by Gasteiger charge is -2.08. The van der Waals surface area contributed by atoms with Gasteiger partial charge in [-0.2, -0.15) is 5.26 Å². The quantitative estimate of drug-likeness (QED) is 0.0406. The molecule has 0 bridgehead atoms. The first-order chi connectivity index (χ1) is 24.5. The molecule has 1 N–H and O–H groups in total. The minimum absolute atomic E-state index is 0.0448. The second-order valence-corrected chi connectivity index (χ2v) is 13.1. The number of aromatic hydroxyl groups is 1. The largest absolute Gasteiger partial charge is 0.507 e. The van der Waals surface area contributed by atoms with Gasteiger partial charge in [0.15, 0.2) is 0 Å². The first-order valence-electron chi connectivity index (χ1n) is 18.1. The number of esters is 1. The fourth-order valence-electron chi connectivity index (χ4n) is 5.71. The molecule has 0 fully saturated rings. The SMILES string of the molecule is CCCCCCCCCCCCCCCCOc1ccc(C=Nc2cc(C(=O)Oc3ccc(-c4ccc(C#N)cc4)cc3)ccc2Cl)c(O)c1. The number of phenols is 1. The molecular formula is C43H49ClN2O4. The van der Waals surface area contributed by atoms with E-state index in [4.69, 9.17) is 26.3 Å². The molecule has 4 aromatic rings. The summed E-state index contributed by atoms with van der Waals surface area (Å²) in [6, 6.07) is 26.4. The van der Waals surface area contributed by atoms with Crippen LogP contribution in [0.5, 0.6) is 17.2 Å². The van der Waals surface area contributed by atoms with Gasteiger partial charge in [-0.05, 0) is 72.1 Å². The molecule has 0 radical (unpaired) electrons. The number of carbonyl (C=O) groups is 1. The van der Waals surface area contributed by atoms with Crippen LogP contribution < -0.4 is 9.47 Å². The summed E-state index contributed by atoms with van der Waals surface area (Å²) in [6.45, 7) is 2.88. The van der Waals surface area contributed by atoms with E-state index in [1.807, 2.05) is 30.3 Å². The summed E-state index contributed by atoms with van der Waals surface area (Å²) < 4.78 is 11.5. The van der Waals surface area contributed by atoms with E-state index >= 15 is 0 Å². The van der Waals surface area contributed by atoms with Gasteiger partial charge in [0.1, 0.15) is 17.2 Å². The van der Waals surface area contributed by atoms with Crippen molar-refractivity contribution in [3.05, 3.63) is 107 Å². The van der Waals surface area contributed by atoms with Crippen molar-refractivity contribution in [2.24, 2.45) is 4.99 Å². The Morgan fingerprint density at radius 1 is 0.740 bits per heavy atom. The Hall–Kier alpha value is -4.60. The third-order valence-corrected chi connectivity index (χ3v) is 9.02. The topological polar surface area (TPSA) is 91.9 Å². The van der Waals surface area contributed by atoms with Gasteiger partial charge in [0, 0.05) is 17.8 Å². The monoisotopic (exact) mass is 692 g/mol. The van der Waals surface area contributed by atoms with E-state index < -0.39 is 5.97 Å². The second-order valence-electron chi connectivity index (χ2n) is 12.7. The summed E-state index contributed by atoms with van der Waals surface area (Å²) in [5.41, 5.74) is 3.64. The van der Waals surface area contributed by atoms with Gasteiger partial charge in [0.05, 0.1) is 34.5 Å². The second kappa shape index (κ2) is 21.5. The highest BCUT2D eigenvalue weighted by atomic mass is 35.5. The number of hydrogen-bond acceptors (Lipinski definition) is 6. The summed E-state index contributed by atoms with van der Waals surface area (Å²) in [5, 5.41) is 20.0. The molecule has 0 aliphatic heterocycles. The molecule has 50 heavy (non-hydrogen) atoms. The van der Waals surface area contributed by atoms with Crippen LogP contribution in [0.25, 0.3) is 11.1 Å². The average Bonchev–Trinajstić information content (AvgIpc) is 3.13. The van der Waals surface area contributed by atoms with Gasteiger partial charge in [-0.25, -0.2) is 4.79 Å². The molecule has 0 spiro atoms. The molecule has 0 aliphatic rings. The van der Waals surface area contributed by atoms with Crippen molar-refractivity contribution in [1.29, 1.82) is 5.26 Å². The average molecular weight is 693 g/mol. The molecular weight excluding hydrogens is 644 g/mol. The zero-order valence-corrected chi connectivity index (χ0v) is 30.0. The molecule has 0 atom stereocenters. The van der Waals surface area contributed by atoms with Crippen LogP contribution in [0.4, 0.5) is 5.69 Å². The van der Waals surface area contributed by atoms with E-state index in [9.17, 15) is 9.90 Å². The Labute approximate surface area is 302 Å². The lowest BCUT2D eigenvalue weighted by molar-refractivity contribution is 0.0735. The van der Waals surface area contributed by atoms with Crippen LogP contribution in [0, 0.1) is 11.3 Å². The minimum atomic E-state index is -0.549. The number of halogens is 1. The van der Waals surface area contributed by atoms with Crippen molar-refractivity contribution in [3.8, 4) is 34.4 Å². The van der Waals surface area contributed by atoms with Crippen LogP contribution >= 0.6 is 11.6 Å². The number of ether oxygens (including phenoxy) is 2. The van der Waals surface area contributed by atoms with Crippen LogP contribution in [-0.4, -0.2) is 23.9 Å². The number of aliphatic imine (C=N–C) groups is 1. The minimum Gasteiger partial charge on any atom is -0.507 e. The number of nitrogens with zero attached hydrogens (tertiary/aromatic N) is 2. The Morgan fingerprint density at radius 2 is 1.30 bits per heavy atom. The van der Waals surface area contributed by atoms with Gasteiger partial charge in [-0.1, -0.05) is 126 Å². The first kappa shape index (κ1) is 38.2. The summed E-state index contributed by atoms with van der Waals surface area (Å²) in [7, 11) is 0. The normalized spacial score (nSPS) is 11.1. The van der Waals surface area contributed by atoms with Crippen molar-refractivity contribution in [1.82, 2.24) is 0 Å². The van der Waals surface area contributed by atoms with E-state index in [-0.39, 0.29) is 11.3 Å². The van der Waals surface area contributed by atoms with E-state index in [1.165, 1.54) is 83.3 Å². The van der Waals surface area contributed by atoms with Crippen LogP contribution in [0.1, 0.15) is 118 Å². The molecule has 0 aromatic heterocycles. The van der Waals surface area contributed by atoms with E-state index in [0.717, 1.165) is 24.0 Å². The number of benzene rings is 4. The van der Waals surface area contributed by atoms with Gasteiger partial charge >= 0.3 is 5.97 Å². The third kappa shape index (κ3) is 13.0. The Bertz CT molecular complexity index is 1690. The smallest absolute Gasteiger partial charge is 0.343 e. The molecule has 0 aliphatic carbocycles. The molecule has 6 nitrogen and oxygen atoms in total. The van der Waals surface area contributed by atoms with E-state index in [1.54, 1.807) is 54.6 Å². The number of rotatable bonds is 21. The summed E-state index contributed by atoms with van der Waals surface area (Å²) in [5.74, 6) is 0.502. The summed E-state index contributed by atoms with van der Waals surface area (Å²) in [4.78, 5) is 17.4. The fraction of sp³-hybridized carbons (Fsp3) is 0.372. The highest BCUT2D eigenvalue weighted by Crippen LogP contribution is 2.29. The lowest BCUT2D eigenvalue weighted by Crippen LogP contribution is -2.08. The zero-order valence-electron chi connectivity index (χ0n) is 29.2.